The summed E-state index contributed by atoms with van der Waals surface area (Å²) in [5.74, 6) is 9.74. The molecule has 294 valence electrons. The van der Waals surface area contributed by atoms with Gasteiger partial charge in [0.1, 0.15) is 29.9 Å². The van der Waals surface area contributed by atoms with Crippen LogP contribution in [0.25, 0.3) is 17.0 Å². The van der Waals surface area contributed by atoms with Crippen LogP contribution in [0.15, 0.2) is 61.2 Å². The molecule has 2 aliphatic carbocycles. The Kier molecular flexibility index (Phi) is 9.66. The number of fused-ring (bicyclic) bond motifs is 8. The number of ether oxygens (including phenoxy) is 2. The number of phenols is 1. The van der Waals surface area contributed by atoms with Crippen LogP contribution in [0.4, 0.5) is 0 Å². The van der Waals surface area contributed by atoms with Gasteiger partial charge in [-0.2, -0.15) is 0 Å². The summed E-state index contributed by atoms with van der Waals surface area (Å²) in [6.45, 7) is 2.00. The van der Waals surface area contributed by atoms with Crippen molar-refractivity contribution in [2.75, 3.05) is 0 Å². The number of aliphatic hydroxyl groups excluding tert-OH is 3. The van der Waals surface area contributed by atoms with Crippen molar-refractivity contribution in [3.05, 3.63) is 94.6 Å². The molecule has 1 spiro atoms. The number of hydrogen-bond acceptors (Lipinski definition) is 9. The topological polar surface area (TPSA) is 175 Å². The van der Waals surface area contributed by atoms with Crippen molar-refractivity contribution in [1.29, 1.82) is 0 Å². The number of aromatic amines is 1. The Hall–Kier alpha value is -5.43. The highest BCUT2D eigenvalue weighted by atomic mass is 16.5. The Balaban J connectivity index is 1.08. The van der Waals surface area contributed by atoms with Crippen LogP contribution in [0.5, 0.6) is 17.2 Å². The van der Waals surface area contributed by atoms with Crippen LogP contribution >= 0.6 is 0 Å². The second-order valence-electron chi connectivity index (χ2n) is 16.5. The Morgan fingerprint density at radius 2 is 1.93 bits per heavy atom. The highest BCUT2D eigenvalue weighted by Gasteiger charge is 2.46. The average Bonchev–Trinajstić information content (AvgIpc) is 3.93. The quantitative estimate of drug-likeness (QED) is 0.0948. The number of phenolic OH excluding ortho intramolecular Hbond substituents is 1. The van der Waals surface area contributed by atoms with Crippen molar-refractivity contribution < 1.29 is 34.7 Å². The van der Waals surface area contributed by atoms with Gasteiger partial charge in [0, 0.05) is 55.2 Å². The van der Waals surface area contributed by atoms with E-state index in [1.54, 1.807) is 12.1 Å². The van der Waals surface area contributed by atoms with Gasteiger partial charge in [-0.1, -0.05) is 61.8 Å². The van der Waals surface area contributed by atoms with Gasteiger partial charge in [-0.3, -0.25) is 4.79 Å². The Morgan fingerprint density at radius 1 is 1.11 bits per heavy atom. The maximum atomic E-state index is 13.1. The Morgan fingerprint density at radius 3 is 2.75 bits per heavy atom. The van der Waals surface area contributed by atoms with E-state index in [-0.39, 0.29) is 48.6 Å². The summed E-state index contributed by atoms with van der Waals surface area (Å²) in [5.41, 5.74) is 11.9. The fourth-order valence-electron chi connectivity index (χ4n) is 9.54. The predicted octanol–water partition coefficient (Wildman–Crippen LogP) is 5.78. The molecule has 5 heterocycles. The summed E-state index contributed by atoms with van der Waals surface area (Å²) >= 11 is 0. The lowest BCUT2D eigenvalue weighted by Crippen LogP contribution is -2.35. The summed E-state index contributed by atoms with van der Waals surface area (Å²) in [6, 6.07) is 7.06. The number of allylic oxidation sites excluding steroid dienone is 1. The monoisotopic (exact) mass is 768 g/mol. The summed E-state index contributed by atoms with van der Waals surface area (Å²) < 4.78 is 15.1. The van der Waals surface area contributed by atoms with Crippen LogP contribution in [-0.4, -0.2) is 48.0 Å². The smallest absolute Gasteiger partial charge is 0.191 e. The van der Waals surface area contributed by atoms with Crippen LogP contribution < -0.4 is 20.5 Å². The molecular formula is C46H48N4O7. The van der Waals surface area contributed by atoms with Crippen molar-refractivity contribution in [2.45, 2.75) is 95.4 Å². The van der Waals surface area contributed by atoms with Gasteiger partial charge in [0.15, 0.2) is 17.7 Å². The van der Waals surface area contributed by atoms with Gasteiger partial charge < -0.3 is 50.5 Å². The van der Waals surface area contributed by atoms with Crippen molar-refractivity contribution in [3.63, 3.8) is 0 Å². The number of benzene rings is 2. The number of aromatic hydroxyl groups is 1. The minimum absolute atomic E-state index is 0.0635. The van der Waals surface area contributed by atoms with Crippen LogP contribution in [0.3, 0.4) is 0 Å². The molecule has 8 N–H and O–H groups in total. The van der Waals surface area contributed by atoms with Gasteiger partial charge in [0.2, 0.25) is 0 Å². The van der Waals surface area contributed by atoms with E-state index in [4.69, 9.17) is 15.2 Å². The van der Waals surface area contributed by atoms with Crippen LogP contribution in [-0.2, 0) is 17.6 Å². The van der Waals surface area contributed by atoms with Crippen molar-refractivity contribution in [3.8, 4) is 41.1 Å². The number of carbonyl (C=O) groups is 1. The number of nitrogens with two attached hydrogens (primary N) is 1. The molecule has 8 unspecified atom stereocenters. The number of nitrogens with zero attached hydrogens (tertiary/aromatic N) is 1. The molecule has 11 heteroatoms. The predicted molar refractivity (Wildman–Crippen MR) is 214 cm³/mol. The first-order chi connectivity index (χ1) is 27.6. The standard InChI is InChI=1S/C46H48N4O7/c1-26-4-7-33(40(54)18-26)41(55)21-29(51)6-5-27-20-43-42(22-39(27)53)56-17-15-46(13-2-3-14-46)36-10-11-38(52)31-8-9-32-30(12-16-48-44(32)47)34(31)19-28-23-49-37-25-50(24-35(28)37)45(36)57-43/h4,7-9,12,16,20,22-26,33,36,38,40-41,44-45,48-49,52-55H,2-3,5-6,13-14,18-19,21,47H2,1H3. The highest BCUT2D eigenvalue weighted by Crippen LogP contribution is 2.51. The van der Waals surface area contributed by atoms with E-state index >= 15 is 0 Å². The van der Waals surface area contributed by atoms with Gasteiger partial charge in [-0.05, 0) is 83.3 Å². The number of H-pyrrole nitrogens is 1. The lowest BCUT2D eigenvalue weighted by molar-refractivity contribution is -0.122. The van der Waals surface area contributed by atoms with Crippen LogP contribution in [0, 0.1) is 47.0 Å². The largest absolute Gasteiger partial charge is 0.508 e. The Bertz CT molecular complexity index is 2410. The molecule has 0 saturated heterocycles. The van der Waals surface area contributed by atoms with Crippen molar-refractivity contribution >= 4 is 22.8 Å². The third-order valence-electron chi connectivity index (χ3n) is 12.7. The first kappa shape index (κ1) is 37.2. The summed E-state index contributed by atoms with van der Waals surface area (Å²) in [4.78, 5) is 16.6. The molecular weight excluding hydrogens is 721 g/mol. The zero-order chi connectivity index (χ0) is 39.4. The van der Waals surface area contributed by atoms with E-state index in [2.05, 4.69) is 40.4 Å². The molecule has 57 heavy (non-hydrogen) atoms. The molecule has 0 amide bonds. The zero-order valence-electron chi connectivity index (χ0n) is 31.9. The normalized spacial score (nSPS) is 27.1. The first-order valence-electron chi connectivity index (χ1n) is 20.0. The van der Waals surface area contributed by atoms with Gasteiger partial charge in [-0.25, -0.2) is 0 Å². The minimum Gasteiger partial charge on any atom is -0.508 e. The third kappa shape index (κ3) is 6.89. The van der Waals surface area contributed by atoms with Crippen molar-refractivity contribution in [2.24, 2.45) is 28.9 Å². The summed E-state index contributed by atoms with van der Waals surface area (Å²) in [7, 11) is 0. The summed E-state index contributed by atoms with van der Waals surface area (Å²) in [6.07, 6.45) is 17.5. The number of aromatic nitrogens is 2. The number of Topliss-reactive ketones (excluding diaryl/α,β-unsaturated/α-hetero) is 1. The maximum absolute atomic E-state index is 13.1. The molecule has 9 rings (SSSR count). The van der Waals surface area contributed by atoms with E-state index < -0.39 is 41.8 Å². The van der Waals surface area contributed by atoms with E-state index in [0.717, 1.165) is 64.4 Å². The van der Waals surface area contributed by atoms with Crippen LogP contribution in [0.1, 0.15) is 104 Å². The van der Waals surface area contributed by atoms with E-state index in [1.165, 1.54) is 6.07 Å². The molecule has 0 radical (unpaired) electrons. The number of hydrogen-bond donors (Lipinski definition) is 7. The molecule has 1 fully saturated rings. The first-order valence-corrected chi connectivity index (χ1v) is 20.0. The number of rotatable bonds is 6. The van der Waals surface area contributed by atoms with Gasteiger partial charge in [-0.15, -0.1) is 0 Å². The number of aliphatic hydroxyl groups is 3. The SMILES string of the molecule is CC1C=CC(C(O)CC(=O)CCc2cc3c(cc2O)OC#CC2(CCCC2)C2C#CC(O)c4ccc5c(c4Cc4c[nH]c6cn(cc46)C2O3)C=CNC5N)C(O)C1. The molecule has 2 aromatic heterocycles. The Labute approximate surface area is 331 Å². The molecule has 1 saturated carbocycles. The second kappa shape index (κ2) is 14.8. The highest BCUT2D eigenvalue weighted by molar-refractivity contribution is 5.84. The van der Waals surface area contributed by atoms with Gasteiger partial charge in [0.05, 0.1) is 29.1 Å². The molecule has 2 bridgehead atoms. The van der Waals surface area contributed by atoms with E-state index in [1.807, 2.05) is 54.4 Å². The number of carbonyl (C=O) groups excluding carboxylic acids is 1. The summed E-state index contributed by atoms with van der Waals surface area (Å²) in [5, 5.41) is 48.6. The molecule has 8 atom stereocenters. The van der Waals surface area contributed by atoms with E-state index in [9.17, 15) is 25.2 Å². The number of nitrogens with one attached hydrogen (secondary N) is 2. The second-order valence-corrected chi connectivity index (χ2v) is 16.5. The van der Waals surface area contributed by atoms with Crippen LogP contribution in [0.2, 0.25) is 0 Å². The lowest BCUT2D eigenvalue weighted by atomic mass is 9.73. The van der Waals surface area contributed by atoms with E-state index in [0.29, 0.717) is 24.2 Å². The lowest BCUT2D eigenvalue weighted by Gasteiger charge is -2.35. The fourth-order valence-corrected chi connectivity index (χ4v) is 9.54. The molecule has 3 aliphatic heterocycles. The fraction of sp³-hybridized carbons (Fsp3) is 0.413. The maximum Gasteiger partial charge on any atom is 0.191 e. The molecule has 4 aromatic rings. The van der Waals surface area contributed by atoms with Gasteiger partial charge in [0.25, 0.3) is 0 Å². The average molecular weight is 769 g/mol. The van der Waals surface area contributed by atoms with Crippen molar-refractivity contribution in [1.82, 2.24) is 14.9 Å². The third-order valence-corrected chi connectivity index (χ3v) is 12.7. The molecule has 2 aromatic carbocycles. The molecule has 5 aliphatic rings. The number of ketones is 1. The molecule has 11 nitrogen and oxygen atoms in total. The number of aryl methyl sites for hydroxylation is 1. The van der Waals surface area contributed by atoms with Gasteiger partial charge >= 0.3 is 0 Å². The zero-order valence-corrected chi connectivity index (χ0v) is 31.9. The minimum atomic E-state index is -1.10.